The van der Waals surface area contributed by atoms with Crippen LogP contribution in [-0.2, 0) is 28.8 Å². The lowest BCUT2D eigenvalue weighted by atomic mass is 9.95. The standard InChI is InChI=1S/C38H73N7O8S2/c1-21(2)16-27(29(46)19-31(48)40-13-15-55-54-14-12-39)42-36(51)26(11)41-33(50)20-30(47)28(17-22(3)4)43-37(52)35(25(9)10)45-38(53)34(24(7)8)44-32(49)18-23(5)6/h21-30,34-35,46-47H,12-20,39H2,1-11H3,(H,40,48)(H,41,50)(H,42,51)(H,43,52)(H,44,49)(H,45,53)/t26-,27-,28-,29-,30-,34-,35-/m0/s1. The topological polar surface area (TPSA) is 241 Å². The third kappa shape index (κ3) is 23.3. The molecule has 0 aromatic heterocycles. The number of aliphatic hydroxyl groups excluding tert-OH is 2. The zero-order chi connectivity index (χ0) is 42.4. The maximum absolute atomic E-state index is 13.6. The molecule has 6 amide bonds. The number of carbonyl (C=O) groups is 6. The van der Waals surface area contributed by atoms with Crippen LogP contribution in [0.3, 0.4) is 0 Å². The number of hydrogen-bond acceptors (Lipinski definition) is 11. The largest absolute Gasteiger partial charge is 0.390 e. The Hall–Kier alpha value is -2.60. The van der Waals surface area contributed by atoms with Crippen LogP contribution in [0.25, 0.3) is 0 Å². The van der Waals surface area contributed by atoms with Gasteiger partial charge in [0.05, 0.1) is 37.1 Å². The molecule has 0 aliphatic heterocycles. The Morgan fingerprint density at radius 3 is 1.44 bits per heavy atom. The van der Waals surface area contributed by atoms with Crippen LogP contribution in [0.5, 0.6) is 0 Å². The maximum atomic E-state index is 13.6. The Morgan fingerprint density at radius 2 is 0.964 bits per heavy atom. The van der Waals surface area contributed by atoms with Gasteiger partial charge >= 0.3 is 0 Å². The number of nitrogens with two attached hydrogens (primary N) is 1. The molecule has 0 saturated carbocycles. The van der Waals surface area contributed by atoms with Gasteiger partial charge in [0, 0.05) is 31.0 Å². The molecule has 0 aromatic rings. The van der Waals surface area contributed by atoms with Crippen LogP contribution in [0.15, 0.2) is 0 Å². The summed E-state index contributed by atoms with van der Waals surface area (Å²) in [7, 11) is 3.22. The monoisotopic (exact) mass is 819 g/mol. The van der Waals surface area contributed by atoms with Gasteiger partial charge in [-0.1, -0.05) is 90.8 Å². The van der Waals surface area contributed by atoms with Crippen LogP contribution in [0.4, 0.5) is 0 Å². The number of rotatable bonds is 28. The van der Waals surface area contributed by atoms with Crippen LogP contribution in [-0.4, -0.2) is 113 Å². The van der Waals surface area contributed by atoms with Gasteiger partial charge in [-0.05, 0) is 49.4 Å². The van der Waals surface area contributed by atoms with Crippen molar-refractivity contribution < 1.29 is 39.0 Å². The quantitative estimate of drug-likeness (QED) is 0.0408. The third-order valence-electron chi connectivity index (χ3n) is 8.49. The molecule has 0 spiro atoms. The van der Waals surface area contributed by atoms with E-state index >= 15 is 0 Å². The molecule has 0 heterocycles. The van der Waals surface area contributed by atoms with Gasteiger partial charge in [-0.25, -0.2) is 0 Å². The second kappa shape index (κ2) is 27.9. The van der Waals surface area contributed by atoms with Crippen LogP contribution in [0, 0.1) is 29.6 Å². The summed E-state index contributed by atoms with van der Waals surface area (Å²) in [6, 6.07) is -4.47. The third-order valence-corrected chi connectivity index (χ3v) is 10.9. The van der Waals surface area contributed by atoms with Crippen LogP contribution in [0.1, 0.15) is 108 Å². The number of amides is 6. The summed E-state index contributed by atoms with van der Waals surface area (Å²) in [4.78, 5) is 78.1. The highest BCUT2D eigenvalue weighted by atomic mass is 33.1. The normalized spacial score (nSPS) is 15.5. The second-order valence-corrected chi connectivity index (χ2v) is 18.9. The van der Waals surface area contributed by atoms with Crippen molar-refractivity contribution in [1.29, 1.82) is 0 Å². The molecule has 10 N–H and O–H groups in total. The predicted octanol–water partition coefficient (Wildman–Crippen LogP) is 1.84. The van der Waals surface area contributed by atoms with Gasteiger partial charge in [0.2, 0.25) is 35.4 Å². The molecule has 0 aromatic carbocycles. The van der Waals surface area contributed by atoms with Gasteiger partial charge in [-0.15, -0.1) is 0 Å². The van der Waals surface area contributed by atoms with Crippen molar-refractivity contribution in [3.63, 3.8) is 0 Å². The van der Waals surface area contributed by atoms with Crippen molar-refractivity contribution in [3.05, 3.63) is 0 Å². The summed E-state index contributed by atoms with van der Waals surface area (Å²) in [5.74, 6) is -1.71. The average molecular weight is 820 g/mol. The molecule has 0 fully saturated rings. The summed E-state index contributed by atoms with van der Waals surface area (Å²) < 4.78 is 0. The van der Waals surface area contributed by atoms with Crippen molar-refractivity contribution in [2.75, 3.05) is 24.6 Å². The molecule has 17 heteroatoms. The van der Waals surface area contributed by atoms with E-state index in [1.165, 1.54) is 6.92 Å². The molecule has 0 bridgehead atoms. The van der Waals surface area contributed by atoms with Gasteiger partial charge in [0.15, 0.2) is 0 Å². The van der Waals surface area contributed by atoms with Crippen molar-refractivity contribution in [3.8, 4) is 0 Å². The molecule has 0 unspecified atom stereocenters. The van der Waals surface area contributed by atoms with E-state index in [0.717, 1.165) is 5.75 Å². The molecule has 0 rings (SSSR count). The molecule has 320 valence electrons. The molecular formula is C38H73N7O8S2. The predicted molar refractivity (Wildman–Crippen MR) is 222 cm³/mol. The first-order valence-electron chi connectivity index (χ1n) is 19.7. The van der Waals surface area contributed by atoms with Gasteiger partial charge in [0.1, 0.15) is 18.1 Å². The summed E-state index contributed by atoms with van der Waals surface area (Å²) in [6.07, 6.45) is -2.14. The summed E-state index contributed by atoms with van der Waals surface area (Å²) in [5, 5.41) is 38.6. The highest BCUT2D eigenvalue weighted by Crippen LogP contribution is 2.19. The van der Waals surface area contributed by atoms with E-state index in [9.17, 15) is 39.0 Å². The van der Waals surface area contributed by atoms with Crippen molar-refractivity contribution in [2.24, 2.45) is 35.3 Å². The highest BCUT2D eigenvalue weighted by Gasteiger charge is 2.34. The Bertz CT molecular complexity index is 1190. The summed E-state index contributed by atoms with van der Waals surface area (Å²) in [5.41, 5.74) is 5.48. The van der Waals surface area contributed by atoms with Crippen LogP contribution < -0.4 is 37.6 Å². The fourth-order valence-corrected chi connectivity index (χ4v) is 7.40. The van der Waals surface area contributed by atoms with E-state index in [1.807, 2.05) is 41.5 Å². The van der Waals surface area contributed by atoms with E-state index in [4.69, 9.17) is 5.73 Å². The molecule has 0 saturated heterocycles. The Kier molecular flexibility index (Phi) is 26.6. The van der Waals surface area contributed by atoms with Gasteiger partial charge in [-0.2, -0.15) is 0 Å². The van der Waals surface area contributed by atoms with E-state index < -0.39 is 72.5 Å². The highest BCUT2D eigenvalue weighted by molar-refractivity contribution is 8.76. The minimum atomic E-state index is -1.32. The van der Waals surface area contributed by atoms with E-state index in [1.54, 1.807) is 49.3 Å². The van der Waals surface area contributed by atoms with E-state index in [2.05, 4.69) is 31.9 Å². The Labute approximate surface area is 337 Å². The smallest absolute Gasteiger partial charge is 0.243 e. The number of aliphatic hydroxyl groups is 2. The first-order valence-corrected chi connectivity index (χ1v) is 22.1. The minimum Gasteiger partial charge on any atom is -0.390 e. The summed E-state index contributed by atoms with van der Waals surface area (Å²) in [6.45, 7) is 21.1. The lowest BCUT2D eigenvalue weighted by molar-refractivity contribution is -0.134. The fourth-order valence-electron chi connectivity index (χ4n) is 5.64. The van der Waals surface area contributed by atoms with Gasteiger partial charge < -0.3 is 47.8 Å². The molecule has 0 radical (unpaired) electrons. The molecule has 0 aliphatic rings. The summed E-state index contributed by atoms with van der Waals surface area (Å²) >= 11 is 0. The van der Waals surface area contributed by atoms with E-state index in [-0.39, 0.29) is 54.2 Å². The van der Waals surface area contributed by atoms with Crippen molar-refractivity contribution in [2.45, 2.75) is 151 Å². The molecular weight excluding hydrogens is 747 g/mol. The lowest BCUT2D eigenvalue weighted by Gasteiger charge is -2.31. The average Bonchev–Trinajstić information content (AvgIpc) is 3.05. The Morgan fingerprint density at radius 1 is 0.527 bits per heavy atom. The number of nitrogens with one attached hydrogen (secondary N) is 6. The minimum absolute atomic E-state index is 0.0203. The van der Waals surface area contributed by atoms with E-state index in [0.29, 0.717) is 31.7 Å². The van der Waals surface area contributed by atoms with Crippen molar-refractivity contribution in [1.82, 2.24) is 31.9 Å². The first-order chi connectivity index (χ1) is 25.6. The Balaban J connectivity index is 5.51. The SMILES string of the molecule is CC(C)CC(=O)N[C@H](C(=O)N[C@H](C(=O)N[C@@H](CC(C)C)[C@@H](O)CC(=O)N[C@@H](C)C(=O)N[C@@H](CC(C)C)[C@@H](O)CC(=O)NCCSSCCN)C(C)C)C(C)C. The molecule has 15 nitrogen and oxygen atoms in total. The number of hydrogen-bond donors (Lipinski definition) is 9. The zero-order valence-electron chi connectivity index (χ0n) is 35.0. The fraction of sp³-hybridized carbons (Fsp3) is 0.842. The van der Waals surface area contributed by atoms with Gasteiger partial charge in [-0.3, -0.25) is 28.8 Å². The zero-order valence-corrected chi connectivity index (χ0v) is 36.7. The number of carbonyl (C=O) groups excluding carboxylic acids is 6. The maximum Gasteiger partial charge on any atom is 0.243 e. The van der Waals surface area contributed by atoms with Crippen molar-refractivity contribution >= 4 is 57.0 Å². The second-order valence-electron chi connectivity index (χ2n) is 16.2. The van der Waals surface area contributed by atoms with Crippen LogP contribution >= 0.6 is 21.6 Å². The van der Waals surface area contributed by atoms with Gasteiger partial charge in [0.25, 0.3) is 0 Å². The molecule has 7 atom stereocenters. The first kappa shape index (κ1) is 52.4. The molecule has 55 heavy (non-hydrogen) atoms. The lowest BCUT2D eigenvalue weighted by Crippen LogP contribution is -2.59. The molecule has 0 aliphatic carbocycles. The van der Waals surface area contributed by atoms with Crippen LogP contribution in [0.2, 0.25) is 0 Å².